The van der Waals surface area contributed by atoms with Crippen molar-refractivity contribution in [3.63, 3.8) is 0 Å². The number of esters is 1. The minimum Gasteiger partial charge on any atom is -0.485 e. The second-order valence-electron chi connectivity index (χ2n) is 10.2. The molecule has 1 atom stereocenters. The van der Waals surface area contributed by atoms with Gasteiger partial charge in [-0.3, -0.25) is 4.79 Å². The van der Waals surface area contributed by atoms with E-state index in [9.17, 15) is 9.59 Å². The molecule has 2 aromatic rings. The molecule has 1 N–H and O–H groups in total. The van der Waals surface area contributed by atoms with Gasteiger partial charge in [0.1, 0.15) is 23.1 Å². The third kappa shape index (κ3) is 3.96. The van der Waals surface area contributed by atoms with Gasteiger partial charge >= 0.3 is 5.97 Å². The number of hydrogen-bond acceptors (Lipinski definition) is 8. The lowest BCUT2D eigenvalue weighted by Crippen LogP contribution is -2.55. The highest BCUT2D eigenvalue weighted by Crippen LogP contribution is 2.44. The SMILES string of the molecule is CC[C@@H]1C(=O)N(C)c2cnc(Nc3ccc(C(=O)OC)c4c3OC(C)(C)C4)nc2N1C1CCCC1. The third-order valence-corrected chi connectivity index (χ3v) is 7.31. The Labute approximate surface area is 205 Å². The topological polar surface area (TPSA) is 96.9 Å². The lowest BCUT2D eigenvalue weighted by atomic mass is 9.97. The molecular weight excluding hydrogens is 446 g/mol. The summed E-state index contributed by atoms with van der Waals surface area (Å²) >= 11 is 0. The maximum Gasteiger partial charge on any atom is 0.338 e. The standard InChI is InChI=1S/C26H33N5O4/c1-6-19-23(32)30(4)20-14-27-25(29-22(20)31(19)15-9-7-8-10-15)28-18-12-11-16(24(33)34-5)17-13-26(2,3)35-21(17)18/h11-12,14-15,19H,6-10,13H2,1-5H3,(H,27,28,29)/t19-/m1/s1. The first kappa shape index (κ1) is 23.4. The van der Waals surface area contributed by atoms with Crippen LogP contribution in [-0.4, -0.2) is 53.7 Å². The highest BCUT2D eigenvalue weighted by Gasteiger charge is 2.41. The summed E-state index contributed by atoms with van der Waals surface area (Å²) in [5.74, 6) is 1.52. The number of methoxy groups -OCH3 is 1. The Bertz CT molecular complexity index is 1170. The quantitative estimate of drug-likeness (QED) is 0.637. The highest BCUT2D eigenvalue weighted by atomic mass is 16.5. The first-order chi connectivity index (χ1) is 16.7. The van der Waals surface area contributed by atoms with Crippen LogP contribution in [-0.2, 0) is 16.0 Å². The molecule has 3 aliphatic rings. The van der Waals surface area contributed by atoms with Crippen molar-refractivity contribution in [1.29, 1.82) is 0 Å². The summed E-state index contributed by atoms with van der Waals surface area (Å²) in [6.45, 7) is 6.03. The number of anilines is 4. The molecule has 5 rings (SSSR count). The van der Waals surface area contributed by atoms with E-state index < -0.39 is 5.60 Å². The van der Waals surface area contributed by atoms with Crippen molar-refractivity contribution in [2.75, 3.05) is 29.3 Å². The second kappa shape index (κ2) is 8.70. The summed E-state index contributed by atoms with van der Waals surface area (Å²) in [5, 5.41) is 3.32. The average molecular weight is 480 g/mol. The zero-order chi connectivity index (χ0) is 24.9. The number of nitrogens with one attached hydrogen (secondary N) is 1. The minimum atomic E-state index is -0.448. The highest BCUT2D eigenvalue weighted by molar-refractivity contribution is 6.04. The molecule has 0 unspecified atom stereocenters. The molecule has 1 aromatic heterocycles. The first-order valence-corrected chi connectivity index (χ1v) is 12.4. The van der Waals surface area contributed by atoms with Gasteiger partial charge in [-0.2, -0.15) is 4.98 Å². The van der Waals surface area contributed by atoms with E-state index in [0.717, 1.165) is 36.3 Å². The van der Waals surface area contributed by atoms with E-state index in [1.807, 2.05) is 13.8 Å². The van der Waals surface area contributed by atoms with Crippen molar-refractivity contribution >= 4 is 35.0 Å². The summed E-state index contributed by atoms with van der Waals surface area (Å²) < 4.78 is 11.2. The molecule has 0 saturated heterocycles. The molecular formula is C26H33N5O4. The van der Waals surface area contributed by atoms with E-state index in [1.165, 1.54) is 20.0 Å². The van der Waals surface area contributed by atoms with E-state index in [0.29, 0.717) is 35.4 Å². The molecule has 1 aromatic carbocycles. The van der Waals surface area contributed by atoms with E-state index in [1.54, 1.807) is 30.3 Å². The summed E-state index contributed by atoms with van der Waals surface area (Å²) in [7, 11) is 3.17. The Morgan fingerprint density at radius 2 is 2.03 bits per heavy atom. The Kier molecular flexibility index (Phi) is 5.81. The smallest absolute Gasteiger partial charge is 0.338 e. The van der Waals surface area contributed by atoms with E-state index in [-0.39, 0.29) is 17.9 Å². The summed E-state index contributed by atoms with van der Waals surface area (Å²) in [6.07, 6.45) is 7.48. The van der Waals surface area contributed by atoms with E-state index >= 15 is 0 Å². The minimum absolute atomic E-state index is 0.0862. The number of benzene rings is 1. The number of likely N-dealkylation sites (N-methyl/N-ethyl adjacent to an activating group) is 1. The van der Waals surface area contributed by atoms with Crippen LogP contribution >= 0.6 is 0 Å². The third-order valence-electron chi connectivity index (χ3n) is 7.31. The monoisotopic (exact) mass is 479 g/mol. The molecule has 3 heterocycles. The summed E-state index contributed by atoms with van der Waals surface area (Å²) in [6, 6.07) is 3.62. The normalized spacial score (nSPS) is 20.9. The number of aromatic nitrogens is 2. The van der Waals surface area contributed by atoms with Crippen LogP contribution in [0.25, 0.3) is 0 Å². The molecule has 9 heteroatoms. The Hall–Kier alpha value is -3.36. The van der Waals surface area contributed by atoms with Crippen LogP contribution < -0.4 is 19.9 Å². The fourth-order valence-electron chi connectivity index (χ4n) is 5.62. The maximum atomic E-state index is 13.1. The zero-order valence-electron chi connectivity index (χ0n) is 21.1. The number of carbonyl (C=O) groups is 2. The number of hydrogen-bond donors (Lipinski definition) is 1. The van der Waals surface area contributed by atoms with Crippen LogP contribution in [0.15, 0.2) is 18.3 Å². The molecule has 1 fully saturated rings. The number of fused-ring (bicyclic) bond motifs is 2. The first-order valence-electron chi connectivity index (χ1n) is 12.4. The number of carbonyl (C=O) groups excluding carboxylic acids is 2. The van der Waals surface area contributed by atoms with E-state index in [2.05, 4.69) is 22.1 Å². The van der Waals surface area contributed by atoms with Crippen LogP contribution in [0.5, 0.6) is 5.75 Å². The molecule has 0 bridgehead atoms. The fourth-order valence-corrected chi connectivity index (χ4v) is 5.62. The van der Waals surface area contributed by atoms with Crippen molar-refractivity contribution < 1.29 is 19.1 Å². The van der Waals surface area contributed by atoms with Crippen molar-refractivity contribution in [2.24, 2.45) is 0 Å². The maximum absolute atomic E-state index is 13.1. The Morgan fingerprint density at radius 3 is 2.71 bits per heavy atom. The van der Waals surface area contributed by atoms with Gasteiger partial charge in [-0.05, 0) is 45.2 Å². The molecule has 9 nitrogen and oxygen atoms in total. The van der Waals surface area contributed by atoms with Crippen molar-refractivity contribution in [2.45, 2.75) is 77.0 Å². The van der Waals surface area contributed by atoms with Crippen LogP contribution in [0.2, 0.25) is 0 Å². The van der Waals surface area contributed by atoms with Crippen molar-refractivity contribution in [3.05, 3.63) is 29.5 Å². The predicted molar refractivity (Wildman–Crippen MR) is 134 cm³/mol. The van der Waals surface area contributed by atoms with E-state index in [4.69, 9.17) is 14.5 Å². The number of nitrogens with zero attached hydrogens (tertiary/aromatic N) is 4. The fraction of sp³-hybridized carbons (Fsp3) is 0.538. The molecule has 186 valence electrons. The summed E-state index contributed by atoms with van der Waals surface area (Å²) in [4.78, 5) is 38.8. The average Bonchev–Trinajstić information content (AvgIpc) is 3.48. The lowest BCUT2D eigenvalue weighted by Gasteiger charge is -2.43. The predicted octanol–water partition coefficient (Wildman–Crippen LogP) is 4.22. The van der Waals surface area contributed by atoms with Gasteiger partial charge in [0.05, 0.1) is 24.6 Å². The van der Waals surface area contributed by atoms with Crippen LogP contribution in [0.3, 0.4) is 0 Å². The molecule has 2 aliphatic heterocycles. The van der Waals surface area contributed by atoms with Gasteiger partial charge in [-0.15, -0.1) is 0 Å². The molecule has 0 spiro atoms. The number of rotatable bonds is 5. The van der Waals surface area contributed by atoms with Crippen LogP contribution in [0.1, 0.15) is 68.8 Å². The van der Waals surface area contributed by atoms with Crippen LogP contribution in [0.4, 0.5) is 23.1 Å². The number of amides is 1. The summed E-state index contributed by atoms with van der Waals surface area (Å²) in [5.41, 5.74) is 2.28. The van der Waals surface area contributed by atoms with Gasteiger partial charge in [0.2, 0.25) is 11.9 Å². The molecule has 1 amide bonds. The van der Waals surface area contributed by atoms with Gasteiger partial charge in [-0.25, -0.2) is 9.78 Å². The zero-order valence-corrected chi connectivity index (χ0v) is 21.1. The van der Waals surface area contributed by atoms with Crippen molar-refractivity contribution in [3.8, 4) is 5.75 Å². The Balaban J connectivity index is 1.54. The molecule has 1 saturated carbocycles. The Morgan fingerprint density at radius 1 is 1.29 bits per heavy atom. The molecule has 0 radical (unpaired) electrons. The van der Waals surface area contributed by atoms with Gasteiger partial charge < -0.3 is 24.6 Å². The van der Waals surface area contributed by atoms with Gasteiger partial charge in [0, 0.05) is 25.1 Å². The van der Waals surface area contributed by atoms with Crippen LogP contribution in [0, 0.1) is 0 Å². The lowest BCUT2D eigenvalue weighted by molar-refractivity contribution is -0.120. The second-order valence-corrected chi connectivity index (χ2v) is 10.2. The van der Waals surface area contributed by atoms with Gasteiger partial charge in [-0.1, -0.05) is 19.8 Å². The largest absolute Gasteiger partial charge is 0.485 e. The van der Waals surface area contributed by atoms with Gasteiger partial charge in [0.25, 0.3) is 0 Å². The van der Waals surface area contributed by atoms with Crippen molar-refractivity contribution in [1.82, 2.24) is 9.97 Å². The van der Waals surface area contributed by atoms with Gasteiger partial charge in [0.15, 0.2) is 5.82 Å². The molecule has 35 heavy (non-hydrogen) atoms. The number of ether oxygens (including phenoxy) is 2. The molecule has 1 aliphatic carbocycles.